The molecule has 1 amide bonds. The average molecular weight is 472 g/mol. The number of imidazole rings is 1. The molecule has 0 radical (unpaired) electrons. The largest absolute Gasteiger partial charge is 0.462 e. The number of amides is 1. The van der Waals surface area contributed by atoms with Crippen molar-refractivity contribution in [2.24, 2.45) is 0 Å². The number of aliphatic hydroxyl groups is 1. The monoisotopic (exact) mass is 471 g/mol. The van der Waals surface area contributed by atoms with E-state index < -0.39 is 5.97 Å². The summed E-state index contributed by atoms with van der Waals surface area (Å²) in [5.41, 5.74) is 1.01. The predicted molar refractivity (Wildman–Crippen MR) is 116 cm³/mol. The van der Waals surface area contributed by atoms with Gasteiger partial charge in [-0.2, -0.15) is 0 Å². The number of nitrogens with zero attached hydrogens (tertiary/aromatic N) is 3. The number of carbonyl (C=O) groups excluding carboxylic acids is 2. The van der Waals surface area contributed by atoms with Gasteiger partial charge >= 0.3 is 5.97 Å². The number of H-pyrrole nitrogens is 1. The molecule has 1 aliphatic rings. The second-order valence-corrected chi connectivity index (χ2v) is 8.28. The van der Waals surface area contributed by atoms with Gasteiger partial charge in [0.15, 0.2) is 16.1 Å². The quantitative estimate of drug-likeness (QED) is 0.497. The highest BCUT2D eigenvalue weighted by Crippen LogP contribution is 2.30. The van der Waals surface area contributed by atoms with Crippen molar-refractivity contribution in [3.63, 3.8) is 0 Å². The number of carbonyl (C=O) groups is 2. The fraction of sp³-hybridized carbons (Fsp3) is 0.579. The van der Waals surface area contributed by atoms with Crippen molar-refractivity contribution in [3.05, 3.63) is 27.2 Å². The highest BCUT2D eigenvalue weighted by Gasteiger charge is 2.33. The summed E-state index contributed by atoms with van der Waals surface area (Å²) in [7, 11) is 1.58. The van der Waals surface area contributed by atoms with Gasteiger partial charge in [0, 0.05) is 20.2 Å². The van der Waals surface area contributed by atoms with Crippen LogP contribution in [0.1, 0.15) is 51.9 Å². The van der Waals surface area contributed by atoms with Gasteiger partial charge in [0.25, 0.3) is 5.91 Å². The molecule has 0 aliphatic carbocycles. The topological polar surface area (TPSA) is 130 Å². The molecule has 31 heavy (non-hydrogen) atoms. The minimum atomic E-state index is -0.496. The minimum Gasteiger partial charge on any atom is -0.462 e. The van der Waals surface area contributed by atoms with Crippen molar-refractivity contribution < 1.29 is 24.2 Å². The number of esters is 1. The van der Waals surface area contributed by atoms with E-state index in [1.165, 1.54) is 11.3 Å². The third-order valence-electron chi connectivity index (χ3n) is 5.04. The number of thiazole rings is 1. The number of rotatable bonds is 8. The lowest BCUT2D eigenvalue weighted by Gasteiger charge is -2.37. The van der Waals surface area contributed by atoms with E-state index >= 15 is 0 Å². The molecule has 2 atom stereocenters. The molecule has 0 spiro atoms. The van der Waals surface area contributed by atoms with Crippen molar-refractivity contribution in [2.45, 2.75) is 45.4 Å². The van der Waals surface area contributed by atoms with Gasteiger partial charge in [-0.15, -0.1) is 0 Å². The second-order valence-electron chi connectivity index (χ2n) is 6.95. The number of hydrogen-bond acceptors (Lipinski definition) is 9. The van der Waals surface area contributed by atoms with Gasteiger partial charge < -0.3 is 29.8 Å². The van der Waals surface area contributed by atoms with Crippen LogP contribution in [0.2, 0.25) is 5.15 Å². The summed E-state index contributed by atoms with van der Waals surface area (Å²) >= 11 is 7.21. The number of hydrogen-bond donors (Lipinski definition) is 3. The van der Waals surface area contributed by atoms with E-state index in [9.17, 15) is 14.7 Å². The molecule has 0 aromatic carbocycles. The first kappa shape index (κ1) is 23.5. The summed E-state index contributed by atoms with van der Waals surface area (Å²) in [6.07, 6.45) is 0.943. The van der Waals surface area contributed by atoms with Gasteiger partial charge in [-0.1, -0.05) is 29.9 Å². The molecule has 1 saturated heterocycles. The molecule has 1 aliphatic heterocycles. The number of anilines is 1. The molecule has 0 unspecified atom stereocenters. The molecule has 2 aromatic rings. The van der Waals surface area contributed by atoms with Gasteiger partial charge in [-0.25, -0.2) is 14.8 Å². The third kappa shape index (κ3) is 5.17. The van der Waals surface area contributed by atoms with Crippen LogP contribution in [-0.4, -0.2) is 70.9 Å². The highest BCUT2D eigenvalue weighted by molar-refractivity contribution is 7.17. The fourth-order valence-corrected chi connectivity index (χ4v) is 4.67. The average Bonchev–Trinajstić information content (AvgIpc) is 3.37. The maximum atomic E-state index is 12.6. The molecule has 10 nitrogen and oxygen atoms in total. The Balaban J connectivity index is 1.69. The molecule has 3 N–H and O–H groups in total. The SMILES string of the molecule is CCOC(=O)c1sc(N2CC[C@@H](NC(=O)c3nc(Cl)c(CC)[nH]3)[C@@H](OC)C2)nc1CO. The fourth-order valence-electron chi connectivity index (χ4n) is 3.40. The number of aryl methyl sites for hydroxylation is 1. The molecule has 0 bridgehead atoms. The number of halogens is 1. The highest BCUT2D eigenvalue weighted by atomic mass is 35.5. The van der Waals surface area contributed by atoms with E-state index in [4.69, 9.17) is 21.1 Å². The maximum absolute atomic E-state index is 12.6. The Morgan fingerprint density at radius 3 is 2.77 bits per heavy atom. The summed E-state index contributed by atoms with van der Waals surface area (Å²) in [5.74, 6) is -0.668. The first-order valence-corrected chi connectivity index (χ1v) is 11.2. The number of methoxy groups -OCH3 is 1. The Labute approximate surface area is 188 Å². The molecular formula is C19H26ClN5O5S. The Hall–Kier alpha value is -2.21. The van der Waals surface area contributed by atoms with Crippen molar-refractivity contribution in [2.75, 3.05) is 31.7 Å². The molecule has 2 aromatic heterocycles. The lowest BCUT2D eigenvalue weighted by atomic mass is 10.0. The van der Waals surface area contributed by atoms with E-state index in [0.717, 1.165) is 0 Å². The van der Waals surface area contributed by atoms with E-state index in [2.05, 4.69) is 20.3 Å². The Morgan fingerprint density at radius 1 is 1.39 bits per heavy atom. The van der Waals surface area contributed by atoms with Gasteiger partial charge in [0.2, 0.25) is 0 Å². The smallest absolute Gasteiger partial charge is 0.350 e. The first-order valence-electron chi connectivity index (χ1n) is 10.0. The van der Waals surface area contributed by atoms with E-state index in [-0.39, 0.29) is 37.1 Å². The zero-order chi connectivity index (χ0) is 22.5. The molecule has 3 heterocycles. The Morgan fingerprint density at radius 2 is 2.16 bits per heavy atom. The lowest BCUT2D eigenvalue weighted by Crippen LogP contribution is -2.55. The van der Waals surface area contributed by atoms with Crippen molar-refractivity contribution in [1.82, 2.24) is 20.3 Å². The van der Waals surface area contributed by atoms with E-state index in [0.29, 0.717) is 52.5 Å². The molecule has 0 saturated carbocycles. The molecule has 3 rings (SSSR count). The van der Waals surface area contributed by atoms with Crippen LogP contribution in [0.4, 0.5) is 5.13 Å². The van der Waals surface area contributed by atoms with Crippen LogP contribution in [-0.2, 0) is 22.5 Å². The van der Waals surface area contributed by atoms with Crippen LogP contribution in [0, 0.1) is 0 Å². The van der Waals surface area contributed by atoms with E-state index in [1.54, 1.807) is 14.0 Å². The number of aromatic nitrogens is 3. The number of aliphatic hydroxyl groups excluding tert-OH is 1. The van der Waals surface area contributed by atoms with Crippen LogP contribution < -0.4 is 10.2 Å². The Bertz CT molecular complexity index is 933. The number of piperidine rings is 1. The van der Waals surface area contributed by atoms with Gasteiger partial charge in [0.05, 0.1) is 36.7 Å². The van der Waals surface area contributed by atoms with Crippen molar-refractivity contribution in [3.8, 4) is 0 Å². The molecule has 1 fully saturated rings. The summed E-state index contributed by atoms with van der Waals surface area (Å²) in [5, 5.41) is 13.4. The molecule has 12 heteroatoms. The van der Waals surface area contributed by atoms with Crippen molar-refractivity contribution in [1.29, 1.82) is 0 Å². The second kappa shape index (κ2) is 10.4. The lowest BCUT2D eigenvalue weighted by molar-refractivity contribution is 0.0527. The van der Waals surface area contributed by atoms with Crippen LogP contribution in [0.25, 0.3) is 0 Å². The van der Waals surface area contributed by atoms with Crippen LogP contribution in [0.3, 0.4) is 0 Å². The zero-order valence-corrected chi connectivity index (χ0v) is 19.2. The van der Waals surface area contributed by atoms with Gasteiger partial charge in [-0.3, -0.25) is 4.79 Å². The zero-order valence-electron chi connectivity index (χ0n) is 17.6. The summed E-state index contributed by atoms with van der Waals surface area (Å²) < 4.78 is 10.7. The van der Waals surface area contributed by atoms with Crippen molar-refractivity contribution >= 4 is 39.9 Å². The predicted octanol–water partition coefficient (Wildman–Crippen LogP) is 1.77. The standard InChI is InChI=1S/C19H26ClN5O5S/c1-4-10-15(20)24-16(21-10)17(27)22-11-6-7-25(8-13(11)29-3)19-23-12(9-26)14(31-19)18(28)30-5-2/h11,13,26H,4-9H2,1-3H3,(H,21,24)(H,22,27)/t11-,13+/m1/s1. The Kier molecular flexibility index (Phi) is 7.87. The van der Waals surface area contributed by atoms with Crippen LogP contribution in [0.5, 0.6) is 0 Å². The molecule has 170 valence electrons. The van der Waals surface area contributed by atoms with Crippen LogP contribution in [0.15, 0.2) is 0 Å². The normalized spacial score (nSPS) is 18.8. The minimum absolute atomic E-state index is 0.172. The summed E-state index contributed by atoms with van der Waals surface area (Å²) in [6, 6.07) is -0.232. The van der Waals surface area contributed by atoms with Gasteiger partial charge in [-0.05, 0) is 19.8 Å². The van der Waals surface area contributed by atoms with E-state index in [1.807, 2.05) is 11.8 Å². The summed E-state index contributed by atoms with van der Waals surface area (Å²) in [6.45, 7) is 4.59. The number of nitrogens with one attached hydrogen (secondary N) is 2. The van der Waals surface area contributed by atoms with Crippen LogP contribution >= 0.6 is 22.9 Å². The first-order chi connectivity index (χ1) is 14.9. The summed E-state index contributed by atoms with van der Waals surface area (Å²) in [4.78, 5) is 38.4. The maximum Gasteiger partial charge on any atom is 0.350 e. The van der Waals surface area contributed by atoms with Gasteiger partial charge in [0.1, 0.15) is 4.88 Å². The number of aromatic amines is 1. The number of ether oxygens (including phenoxy) is 2. The molecular weight excluding hydrogens is 446 g/mol. The third-order valence-corrected chi connectivity index (χ3v) is 6.49.